The number of morpholine rings is 1. The Morgan fingerprint density at radius 3 is 2.96 bits per heavy atom. The van der Waals surface area contributed by atoms with E-state index in [4.69, 9.17) is 4.74 Å². The predicted molar refractivity (Wildman–Crippen MR) is 91.5 cm³/mol. The number of carbonyl (C=O) groups is 1. The summed E-state index contributed by atoms with van der Waals surface area (Å²) in [4.78, 5) is 18.7. The van der Waals surface area contributed by atoms with Crippen LogP contribution in [0.25, 0.3) is 10.9 Å². The second-order valence-electron chi connectivity index (χ2n) is 5.87. The van der Waals surface area contributed by atoms with Crippen LogP contribution in [0.4, 0.5) is 5.69 Å². The number of amides is 1. The molecular weight excluding hydrogens is 290 g/mol. The molecular formula is C18H23N3O2. The minimum Gasteiger partial charge on any atom is -0.379 e. The Hall–Kier alpha value is -1.98. The molecule has 0 spiro atoms. The highest BCUT2D eigenvalue weighted by Crippen LogP contribution is 2.17. The first-order valence-electron chi connectivity index (χ1n) is 8.26. The van der Waals surface area contributed by atoms with Gasteiger partial charge in [0.05, 0.1) is 18.7 Å². The molecule has 1 amide bonds. The smallest absolute Gasteiger partial charge is 0.224 e. The molecule has 3 rings (SSSR count). The maximum Gasteiger partial charge on any atom is 0.224 e. The van der Waals surface area contributed by atoms with Crippen molar-refractivity contribution in [2.75, 3.05) is 38.2 Å². The van der Waals surface area contributed by atoms with Gasteiger partial charge in [-0.2, -0.15) is 0 Å². The average Bonchev–Trinajstić information content (AvgIpc) is 2.59. The van der Waals surface area contributed by atoms with Crippen molar-refractivity contribution in [3.05, 3.63) is 36.5 Å². The van der Waals surface area contributed by atoms with E-state index in [2.05, 4.69) is 15.2 Å². The SMILES string of the molecule is O=C(CCCCN1CCOCC1)Nc1ccc2ncccc2c1. The van der Waals surface area contributed by atoms with Gasteiger partial charge in [-0.15, -0.1) is 0 Å². The van der Waals surface area contributed by atoms with Crippen molar-refractivity contribution >= 4 is 22.5 Å². The maximum atomic E-state index is 12.0. The molecule has 5 heteroatoms. The zero-order valence-corrected chi connectivity index (χ0v) is 13.3. The number of ether oxygens (including phenoxy) is 1. The lowest BCUT2D eigenvalue weighted by Gasteiger charge is -2.26. The molecule has 1 aromatic heterocycles. The van der Waals surface area contributed by atoms with Gasteiger partial charge in [0.1, 0.15) is 0 Å². The first kappa shape index (κ1) is 15.9. The number of aromatic nitrogens is 1. The van der Waals surface area contributed by atoms with Crippen molar-refractivity contribution < 1.29 is 9.53 Å². The van der Waals surface area contributed by atoms with Crippen LogP contribution in [0, 0.1) is 0 Å². The molecule has 1 fully saturated rings. The predicted octanol–water partition coefficient (Wildman–Crippen LogP) is 2.68. The molecule has 0 aliphatic carbocycles. The monoisotopic (exact) mass is 313 g/mol. The summed E-state index contributed by atoms with van der Waals surface area (Å²) in [6, 6.07) is 9.71. The topological polar surface area (TPSA) is 54.5 Å². The van der Waals surface area contributed by atoms with Gasteiger partial charge in [-0.05, 0) is 43.7 Å². The third-order valence-corrected chi connectivity index (χ3v) is 4.12. The lowest BCUT2D eigenvalue weighted by molar-refractivity contribution is -0.116. The number of nitrogens with zero attached hydrogens (tertiary/aromatic N) is 2. The minimum absolute atomic E-state index is 0.0789. The molecule has 2 aromatic rings. The van der Waals surface area contributed by atoms with E-state index < -0.39 is 0 Å². The molecule has 23 heavy (non-hydrogen) atoms. The van der Waals surface area contributed by atoms with Gasteiger partial charge < -0.3 is 10.1 Å². The van der Waals surface area contributed by atoms with E-state index >= 15 is 0 Å². The molecule has 1 aliphatic heterocycles. The normalized spacial score (nSPS) is 15.7. The van der Waals surface area contributed by atoms with E-state index in [1.165, 1.54) is 0 Å². The van der Waals surface area contributed by atoms with Gasteiger partial charge in [-0.3, -0.25) is 14.7 Å². The van der Waals surface area contributed by atoms with Crippen molar-refractivity contribution in [3.63, 3.8) is 0 Å². The van der Waals surface area contributed by atoms with Crippen molar-refractivity contribution in [2.24, 2.45) is 0 Å². The summed E-state index contributed by atoms with van der Waals surface area (Å²) in [5.41, 5.74) is 1.78. The summed E-state index contributed by atoms with van der Waals surface area (Å²) in [5, 5.41) is 4.01. The molecule has 0 saturated carbocycles. The molecule has 2 heterocycles. The molecule has 1 N–H and O–H groups in total. The number of anilines is 1. The number of fused-ring (bicyclic) bond motifs is 1. The number of unbranched alkanes of at least 4 members (excludes halogenated alkanes) is 1. The van der Waals surface area contributed by atoms with Crippen LogP contribution in [0.5, 0.6) is 0 Å². The molecule has 1 saturated heterocycles. The number of hydrogen-bond acceptors (Lipinski definition) is 4. The fourth-order valence-electron chi connectivity index (χ4n) is 2.82. The largest absolute Gasteiger partial charge is 0.379 e. The summed E-state index contributed by atoms with van der Waals surface area (Å²) in [7, 11) is 0. The summed E-state index contributed by atoms with van der Waals surface area (Å²) >= 11 is 0. The van der Waals surface area contributed by atoms with Crippen LogP contribution in [0.1, 0.15) is 19.3 Å². The van der Waals surface area contributed by atoms with Crippen LogP contribution in [0.3, 0.4) is 0 Å². The molecule has 5 nitrogen and oxygen atoms in total. The first-order chi connectivity index (χ1) is 11.3. The van der Waals surface area contributed by atoms with E-state index in [1.54, 1.807) is 6.20 Å². The molecule has 0 atom stereocenters. The zero-order valence-electron chi connectivity index (χ0n) is 13.3. The van der Waals surface area contributed by atoms with Crippen molar-refractivity contribution in [1.82, 2.24) is 9.88 Å². The summed E-state index contributed by atoms with van der Waals surface area (Å²) in [6.45, 7) is 4.74. The quantitative estimate of drug-likeness (QED) is 0.833. The number of rotatable bonds is 6. The van der Waals surface area contributed by atoms with Gasteiger partial charge >= 0.3 is 0 Å². The number of pyridine rings is 1. The van der Waals surface area contributed by atoms with E-state index in [-0.39, 0.29) is 5.91 Å². The number of hydrogen-bond donors (Lipinski definition) is 1. The molecule has 0 bridgehead atoms. The Bertz CT molecular complexity index is 654. The van der Waals surface area contributed by atoms with Crippen molar-refractivity contribution in [3.8, 4) is 0 Å². The lowest BCUT2D eigenvalue weighted by Crippen LogP contribution is -2.36. The third-order valence-electron chi connectivity index (χ3n) is 4.12. The Labute approximate surface area is 136 Å². The van der Waals surface area contributed by atoms with Crippen LogP contribution < -0.4 is 5.32 Å². The fraction of sp³-hybridized carbons (Fsp3) is 0.444. The van der Waals surface area contributed by atoms with Gasteiger partial charge in [0.25, 0.3) is 0 Å². The van der Waals surface area contributed by atoms with Gasteiger partial charge in [0, 0.05) is 36.8 Å². The highest BCUT2D eigenvalue weighted by molar-refractivity contribution is 5.93. The lowest BCUT2D eigenvalue weighted by atomic mass is 10.2. The molecule has 1 aliphatic rings. The Balaban J connectivity index is 1.41. The second-order valence-corrected chi connectivity index (χ2v) is 5.87. The maximum absolute atomic E-state index is 12.0. The van der Waals surface area contributed by atoms with Gasteiger partial charge in [-0.25, -0.2) is 0 Å². The van der Waals surface area contributed by atoms with Gasteiger partial charge in [-0.1, -0.05) is 6.07 Å². The summed E-state index contributed by atoms with van der Waals surface area (Å²) in [5.74, 6) is 0.0789. The van der Waals surface area contributed by atoms with Crippen LogP contribution in [0.2, 0.25) is 0 Å². The molecule has 0 unspecified atom stereocenters. The van der Waals surface area contributed by atoms with Crippen LogP contribution in [-0.2, 0) is 9.53 Å². The van der Waals surface area contributed by atoms with E-state index in [0.29, 0.717) is 6.42 Å². The van der Waals surface area contributed by atoms with Crippen LogP contribution in [-0.4, -0.2) is 48.6 Å². The molecule has 122 valence electrons. The highest BCUT2D eigenvalue weighted by atomic mass is 16.5. The average molecular weight is 313 g/mol. The van der Waals surface area contributed by atoms with E-state index in [9.17, 15) is 4.79 Å². The van der Waals surface area contributed by atoms with Gasteiger partial charge in [0.15, 0.2) is 0 Å². The van der Waals surface area contributed by atoms with Crippen molar-refractivity contribution in [1.29, 1.82) is 0 Å². The standard InChI is InChI=1S/C18H23N3O2/c22-18(5-1-2-9-21-10-12-23-13-11-21)20-16-6-7-17-15(14-16)4-3-8-19-17/h3-4,6-8,14H,1-2,5,9-13H2,(H,20,22). The van der Waals surface area contributed by atoms with Crippen molar-refractivity contribution in [2.45, 2.75) is 19.3 Å². The van der Waals surface area contributed by atoms with Crippen LogP contribution in [0.15, 0.2) is 36.5 Å². The number of carbonyl (C=O) groups excluding carboxylic acids is 1. The van der Waals surface area contributed by atoms with Gasteiger partial charge in [0.2, 0.25) is 5.91 Å². The van der Waals surface area contributed by atoms with E-state index in [1.807, 2.05) is 30.3 Å². The first-order valence-corrected chi connectivity index (χ1v) is 8.26. The Kier molecular flexibility index (Phi) is 5.56. The Morgan fingerprint density at radius 2 is 2.09 bits per heavy atom. The Morgan fingerprint density at radius 1 is 1.22 bits per heavy atom. The third kappa shape index (κ3) is 4.74. The molecule has 1 aromatic carbocycles. The second kappa shape index (κ2) is 8.04. The minimum atomic E-state index is 0.0789. The number of nitrogens with one attached hydrogen (secondary N) is 1. The molecule has 0 radical (unpaired) electrons. The summed E-state index contributed by atoms with van der Waals surface area (Å²) in [6.07, 6.45) is 4.30. The fourth-order valence-corrected chi connectivity index (χ4v) is 2.82. The number of benzene rings is 1. The van der Waals surface area contributed by atoms with Crippen LogP contribution >= 0.6 is 0 Å². The van der Waals surface area contributed by atoms with E-state index in [0.717, 1.165) is 62.3 Å². The zero-order chi connectivity index (χ0) is 15.9. The summed E-state index contributed by atoms with van der Waals surface area (Å²) < 4.78 is 5.33. The highest BCUT2D eigenvalue weighted by Gasteiger charge is 2.10.